The highest BCUT2D eigenvalue weighted by Crippen LogP contribution is 2.30. The third-order valence-corrected chi connectivity index (χ3v) is 4.72. The zero-order valence-corrected chi connectivity index (χ0v) is 14.2. The Bertz CT molecular complexity index is 852. The lowest BCUT2D eigenvalue weighted by molar-refractivity contribution is 0.400. The Kier molecular flexibility index (Phi) is 4.82. The lowest BCUT2D eigenvalue weighted by Crippen LogP contribution is -1.87. The largest absolute Gasteiger partial charge is 0.497 e. The smallest absolute Gasteiger partial charge is 0.365 e. The minimum atomic E-state index is -3.04. The number of ether oxygens (including phenoxy) is 1. The molecule has 2 aromatic carbocycles. The number of methoxy groups -OCH3 is 1. The monoisotopic (exact) mass is 346 g/mol. The number of rotatable bonds is 5. The van der Waals surface area contributed by atoms with Crippen LogP contribution in [0.4, 0.5) is 0 Å². The molecule has 6 heteroatoms. The molecule has 1 atom stereocenters. The van der Waals surface area contributed by atoms with E-state index in [1.54, 1.807) is 30.6 Å². The van der Waals surface area contributed by atoms with E-state index in [1.165, 1.54) is 10.1 Å². The highest BCUT2D eigenvalue weighted by Gasteiger charge is 2.03. The van der Waals surface area contributed by atoms with Crippen molar-refractivity contribution in [3.8, 4) is 11.5 Å². The van der Waals surface area contributed by atoms with Gasteiger partial charge in [-0.1, -0.05) is 24.3 Å². The number of thiophene rings is 1. The van der Waals surface area contributed by atoms with Gasteiger partial charge in [0.2, 0.25) is 0 Å². The minimum Gasteiger partial charge on any atom is -0.497 e. The molecule has 1 N–H and O–H groups in total. The van der Waals surface area contributed by atoms with E-state index >= 15 is 0 Å². The molecule has 3 rings (SSSR count). The number of benzene rings is 2. The van der Waals surface area contributed by atoms with Gasteiger partial charge in [-0.3, -0.25) is 0 Å². The first-order chi connectivity index (χ1) is 11.1. The van der Waals surface area contributed by atoms with Crippen molar-refractivity contribution >= 4 is 41.8 Å². The molecule has 4 nitrogen and oxygen atoms in total. The van der Waals surface area contributed by atoms with Crippen LogP contribution in [0.1, 0.15) is 10.4 Å². The number of hydrogen-bond donors (Lipinski definition) is 1. The molecule has 0 saturated heterocycles. The van der Waals surface area contributed by atoms with E-state index in [9.17, 15) is 4.57 Å². The molecule has 1 aromatic heterocycles. The van der Waals surface area contributed by atoms with Gasteiger partial charge in [0.15, 0.2) is 0 Å². The zero-order valence-electron chi connectivity index (χ0n) is 12.4. The number of hydrogen-bond acceptors (Lipinski definition) is 4. The van der Waals surface area contributed by atoms with Crippen molar-refractivity contribution in [1.29, 1.82) is 0 Å². The van der Waals surface area contributed by atoms with Gasteiger partial charge < -0.3 is 14.2 Å². The summed E-state index contributed by atoms with van der Waals surface area (Å²) >= 11 is 1.71. The van der Waals surface area contributed by atoms with Crippen LogP contribution in [0.5, 0.6) is 11.5 Å². The van der Waals surface area contributed by atoms with Crippen molar-refractivity contribution in [3.63, 3.8) is 0 Å². The molecule has 118 valence electrons. The molecule has 0 radical (unpaired) electrons. The van der Waals surface area contributed by atoms with Gasteiger partial charge in [0, 0.05) is 15.6 Å². The molecule has 23 heavy (non-hydrogen) atoms. The van der Waals surface area contributed by atoms with Gasteiger partial charge in [0.1, 0.15) is 11.5 Å². The molecule has 0 spiro atoms. The Balaban J connectivity index is 1.89. The van der Waals surface area contributed by atoms with E-state index in [0.717, 1.165) is 10.4 Å². The molecule has 0 saturated carbocycles. The van der Waals surface area contributed by atoms with Crippen molar-refractivity contribution in [3.05, 3.63) is 59.0 Å². The molecular weight excluding hydrogens is 331 g/mol. The van der Waals surface area contributed by atoms with Crippen LogP contribution in [0.3, 0.4) is 0 Å². The van der Waals surface area contributed by atoms with Crippen LogP contribution in [0.25, 0.3) is 22.2 Å². The molecule has 1 heterocycles. The standard InChI is InChI=1S/C17H15O4PS/c1-20-14-8-12(9-15(11-14)21-22(18)19)6-7-16-10-13-4-2-3-5-17(13)23-16/h2-11,22H,1H3,(H,18,19)/b7-6+. The van der Waals surface area contributed by atoms with Crippen molar-refractivity contribution in [1.82, 2.24) is 0 Å². The topological polar surface area (TPSA) is 55.8 Å². The van der Waals surface area contributed by atoms with E-state index in [-0.39, 0.29) is 0 Å². The summed E-state index contributed by atoms with van der Waals surface area (Å²) in [5.41, 5.74) is 0.833. The molecule has 0 bridgehead atoms. The Morgan fingerprint density at radius 1 is 1.09 bits per heavy atom. The SMILES string of the molecule is COc1cc(/C=C/c2cc3ccccc3s2)cc(O[PH](=O)O)c1. The first-order valence-electron chi connectivity index (χ1n) is 6.90. The maximum Gasteiger partial charge on any atom is 0.365 e. The Hall–Kier alpha value is -2.07. The van der Waals surface area contributed by atoms with Crippen LogP contribution in [-0.2, 0) is 4.57 Å². The van der Waals surface area contributed by atoms with Crippen LogP contribution in [0.15, 0.2) is 48.5 Å². The molecular formula is C17H15O4PS. The summed E-state index contributed by atoms with van der Waals surface area (Å²) in [6, 6.07) is 15.5. The van der Waals surface area contributed by atoms with Gasteiger partial charge >= 0.3 is 8.25 Å². The van der Waals surface area contributed by atoms with Crippen LogP contribution in [-0.4, -0.2) is 12.0 Å². The highest BCUT2D eigenvalue weighted by atomic mass is 32.1. The van der Waals surface area contributed by atoms with Crippen LogP contribution in [0, 0.1) is 0 Å². The second kappa shape index (κ2) is 7.01. The Morgan fingerprint density at radius 2 is 1.87 bits per heavy atom. The van der Waals surface area contributed by atoms with E-state index in [0.29, 0.717) is 11.5 Å². The minimum absolute atomic E-state index is 0.312. The van der Waals surface area contributed by atoms with Gasteiger partial charge in [0.25, 0.3) is 0 Å². The maximum atomic E-state index is 10.9. The highest BCUT2D eigenvalue weighted by molar-refractivity contribution is 7.32. The molecule has 0 amide bonds. The average Bonchev–Trinajstić information content (AvgIpc) is 2.95. The lowest BCUT2D eigenvalue weighted by atomic mass is 10.2. The quantitative estimate of drug-likeness (QED) is 0.672. The predicted molar refractivity (Wildman–Crippen MR) is 95.6 cm³/mol. The summed E-state index contributed by atoms with van der Waals surface area (Å²) in [5, 5.41) is 1.21. The Labute approximate surface area is 138 Å². The third kappa shape index (κ3) is 4.02. The summed E-state index contributed by atoms with van der Waals surface area (Å²) in [6.45, 7) is 0. The summed E-state index contributed by atoms with van der Waals surface area (Å²) in [6.07, 6.45) is 3.93. The van der Waals surface area contributed by atoms with Gasteiger partial charge in [-0.15, -0.1) is 11.3 Å². The van der Waals surface area contributed by atoms with Crippen molar-refractivity contribution in [2.75, 3.05) is 7.11 Å². The fourth-order valence-electron chi connectivity index (χ4n) is 2.23. The van der Waals surface area contributed by atoms with E-state index in [1.807, 2.05) is 30.4 Å². The number of fused-ring (bicyclic) bond motifs is 1. The molecule has 3 aromatic rings. The van der Waals surface area contributed by atoms with E-state index in [2.05, 4.69) is 18.2 Å². The molecule has 1 unspecified atom stereocenters. The summed E-state index contributed by atoms with van der Waals surface area (Å²) in [4.78, 5) is 10.0. The zero-order chi connectivity index (χ0) is 16.2. The fourth-order valence-corrected chi connectivity index (χ4v) is 3.52. The summed E-state index contributed by atoms with van der Waals surface area (Å²) < 4.78 is 22.2. The Morgan fingerprint density at radius 3 is 2.61 bits per heavy atom. The summed E-state index contributed by atoms with van der Waals surface area (Å²) in [5.74, 6) is 0.883. The van der Waals surface area contributed by atoms with E-state index in [4.69, 9.17) is 14.2 Å². The summed E-state index contributed by atoms with van der Waals surface area (Å²) in [7, 11) is -1.50. The van der Waals surface area contributed by atoms with Crippen molar-refractivity contribution < 1.29 is 18.7 Å². The molecule has 0 fully saturated rings. The maximum absolute atomic E-state index is 10.9. The van der Waals surface area contributed by atoms with Crippen molar-refractivity contribution in [2.45, 2.75) is 0 Å². The molecule has 0 aliphatic carbocycles. The predicted octanol–water partition coefficient (Wildman–Crippen LogP) is 4.84. The second-order valence-electron chi connectivity index (χ2n) is 4.83. The average molecular weight is 346 g/mol. The lowest BCUT2D eigenvalue weighted by Gasteiger charge is -2.06. The van der Waals surface area contributed by atoms with Crippen LogP contribution in [0.2, 0.25) is 0 Å². The second-order valence-corrected chi connectivity index (χ2v) is 6.68. The van der Waals surface area contributed by atoms with Crippen LogP contribution < -0.4 is 9.26 Å². The first-order valence-corrected chi connectivity index (χ1v) is 8.98. The fraction of sp³-hybridized carbons (Fsp3) is 0.0588. The van der Waals surface area contributed by atoms with Crippen molar-refractivity contribution in [2.24, 2.45) is 0 Å². The van der Waals surface area contributed by atoms with Gasteiger partial charge in [-0.05, 0) is 41.3 Å². The molecule has 0 aliphatic rings. The normalized spacial score (nSPS) is 12.6. The van der Waals surface area contributed by atoms with Gasteiger partial charge in [0.05, 0.1) is 7.11 Å². The van der Waals surface area contributed by atoms with Gasteiger partial charge in [-0.25, -0.2) is 4.57 Å². The molecule has 0 aliphatic heterocycles. The van der Waals surface area contributed by atoms with Crippen LogP contribution >= 0.6 is 19.6 Å². The van der Waals surface area contributed by atoms with Gasteiger partial charge in [-0.2, -0.15) is 0 Å². The van der Waals surface area contributed by atoms with E-state index < -0.39 is 8.25 Å². The first kappa shape index (κ1) is 15.8. The third-order valence-electron chi connectivity index (χ3n) is 3.23.